The van der Waals surface area contributed by atoms with Gasteiger partial charge in [0, 0.05) is 20.0 Å². The van der Waals surface area contributed by atoms with E-state index in [4.69, 9.17) is 14.0 Å². The molecule has 9 heteroatoms. The predicted octanol–water partition coefficient (Wildman–Crippen LogP) is 9.55. The van der Waals surface area contributed by atoms with Crippen molar-refractivity contribution < 1.29 is 37.6 Å². The van der Waals surface area contributed by atoms with Crippen molar-refractivity contribution in [1.82, 2.24) is 0 Å². The summed E-state index contributed by atoms with van der Waals surface area (Å²) in [6.07, 6.45) is 29.5. The zero-order chi connectivity index (χ0) is 31.2. The second kappa shape index (κ2) is 29.6. The van der Waals surface area contributed by atoms with Crippen LogP contribution in [-0.2, 0) is 32.7 Å². The minimum atomic E-state index is -4.25. The fourth-order valence-corrected chi connectivity index (χ4v) is 4.76. The van der Waals surface area contributed by atoms with Crippen molar-refractivity contribution in [3.8, 4) is 0 Å². The van der Waals surface area contributed by atoms with E-state index in [0.717, 1.165) is 84.2 Å². The fraction of sp³-hybridized carbons (Fsp3) is 0.818. The third-order valence-electron chi connectivity index (χ3n) is 6.90. The van der Waals surface area contributed by atoms with Crippen molar-refractivity contribution >= 4 is 19.8 Å². The number of allylic oxidation sites excluding steroid dienone is 4. The third kappa shape index (κ3) is 28.6. The highest BCUT2D eigenvalue weighted by molar-refractivity contribution is 7.47. The highest BCUT2D eigenvalue weighted by atomic mass is 31.2. The molecule has 0 radical (unpaired) electrons. The lowest BCUT2D eigenvalue weighted by atomic mass is 10.1. The summed E-state index contributed by atoms with van der Waals surface area (Å²) in [5, 5.41) is 0. The van der Waals surface area contributed by atoms with Gasteiger partial charge < -0.3 is 14.4 Å². The SMILES string of the molecule is CCC/C=C\CCCCCCCC(=O)OCC(COP(=O)(O)OC)OC(=O)CCCCCCC/C=C\CCCCCC. The van der Waals surface area contributed by atoms with Crippen LogP contribution in [0.15, 0.2) is 24.3 Å². The molecule has 0 fully saturated rings. The first-order chi connectivity index (χ1) is 20.3. The van der Waals surface area contributed by atoms with E-state index in [1.807, 2.05) is 0 Å². The van der Waals surface area contributed by atoms with E-state index in [1.165, 1.54) is 38.5 Å². The number of phosphoric acid groups is 1. The Kier molecular flexibility index (Phi) is 28.6. The van der Waals surface area contributed by atoms with E-state index in [9.17, 15) is 19.0 Å². The maximum atomic E-state index is 12.4. The van der Waals surface area contributed by atoms with Crippen LogP contribution < -0.4 is 0 Å². The lowest BCUT2D eigenvalue weighted by Crippen LogP contribution is -2.29. The minimum Gasteiger partial charge on any atom is -0.462 e. The normalized spacial score (nSPS) is 13.9. The number of unbranched alkanes of at least 4 members (excludes halogenated alkanes) is 15. The van der Waals surface area contributed by atoms with Gasteiger partial charge in [-0.2, -0.15) is 0 Å². The first-order valence-corrected chi connectivity index (χ1v) is 18.0. The van der Waals surface area contributed by atoms with Crippen molar-refractivity contribution in [3.63, 3.8) is 0 Å². The van der Waals surface area contributed by atoms with Crippen LogP contribution in [-0.4, -0.2) is 43.3 Å². The Bertz CT molecular complexity index is 752. The summed E-state index contributed by atoms with van der Waals surface area (Å²) in [6, 6.07) is 0. The molecule has 0 saturated heterocycles. The quantitative estimate of drug-likeness (QED) is 0.0368. The third-order valence-corrected chi connectivity index (χ3v) is 7.84. The fourth-order valence-electron chi connectivity index (χ4n) is 4.30. The molecule has 0 aromatic heterocycles. The number of ether oxygens (including phenoxy) is 2. The van der Waals surface area contributed by atoms with Gasteiger partial charge in [-0.05, 0) is 57.8 Å². The van der Waals surface area contributed by atoms with Crippen molar-refractivity contribution in [2.75, 3.05) is 20.3 Å². The highest BCUT2D eigenvalue weighted by Crippen LogP contribution is 2.42. The van der Waals surface area contributed by atoms with Crippen LogP contribution in [0.25, 0.3) is 0 Å². The van der Waals surface area contributed by atoms with E-state index < -0.39 is 26.5 Å². The summed E-state index contributed by atoms with van der Waals surface area (Å²) in [6.45, 7) is 3.76. The molecular weight excluding hydrogens is 555 g/mol. The van der Waals surface area contributed by atoms with Crippen molar-refractivity contribution in [2.24, 2.45) is 0 Å². The molecule has 1 N–H and O–H groups in total. The molecule has 0 aliphatic carbocycles. The first-order valence-electron chi connectivity index (χ1n) is 16.5. The molecule has 0 aromatic carbocycles. The Morgan fingerprint density at radius 2 is 1.12 bits per heavy atom. The van der Waals surface area contributed by atoms with Gasteiger partial charge in [0.15, 0.2) is 6.10 Å². The van der Waals surface area contributed by atoms with Gasteiger partial charge in [-0.25, -0.2) is 4.57 Å². The lowest BCUT2D eigenvalue weighted by Gasteiger charge is -2.19. The maximum absolute atomic E-state index is 12.4. The molecule has 0 heterocycles. The molecule has 42 heavy (non-hydrogen) atoms. The van der Waals surface area contributed by atoms with E-state index in [2.05, 4.69) is 42.7 Å². The Balaban J connectivity index is 4.15. The van der Waals surface area contributed by atoms with E-state index in [0.29, 0.717) is 6.42 Å². The summed E-state index contributed by atoms with van der Waals surface area (Å²) in [5.41, 5.74) is 0. The summed E-state index contributed by atoms with van der Waals surface area (Å²) in [7, 11) is -3.20. The van der Waals surface area contributed by atoms with Crippen LogP contribution in [0.1, 0.15) is 149 Å². The van der Waals surface area contributed by atoms with Gasteiger partial charge in [-0.3, -0.25) is 18.6 Å². The van der Waals surface area contributed by atoms with E-state index in [1.54, 1.807) is 0 Å². The Labute approximate surface area is 256 Å². The molecule has 0 spiro atoms. The summed E-state index contributed by atoms with van der Waals surface area (Å²) in [5.74, 6) is -0.829. The van der Waals surface area contributed by atoms with Crippen LogP contribution in [0.4, 0.5) is 0 Å². The largest absolute Gasteiger partial charge is 0.472 e. The second-order valence-corrected chi connectivity index (χ2v) is 12.5. The Morgan fingerprint density at radius 3 is 1.64 bits per heavy atom. The summed E-state index contributed by atoms with van der Waals surface area (Å²) >= 11 is 0. The number of rotatable bonds is 30. The van der Waals surface area contributed by atoms with E-state index >= 15 is 0 Å². The number of phosphoric ester groups is 1. The zero-order valence-electron chi connectivity index (χ0n) is 26.9. The van der Waals surface area contributed by atoms with Gasteiger partial charge in [-0.1, -0.05) is 102 Å². The lowest BCUT2D eigenvalue weighted by molar-refractivity contribution is -0.161. The zero-order valence-corrected chi connectivity index (χ0v) is 27.8. The molecule has 0 aliphatic rings. The average Bonchev–Trinajstić information content (AvgIpc) is 2.97. The molecule has 0 aliphatic heterocycles. The molecule has 8 nitrogen and oxygen atoms in total. The second-order valence-electron chi connectivity index (χ2n) is 10.9. The van der Waals surface area contributed by atoms with Crippen LogP contribution in [0, 0.1) is 0 Å². The van der Waals surface area contributed by atoms with Gasteiger partial charge in [-0.15, -0.1) is 0 Å². The van der Waals surface area contributed by atoms with Crippen LogP contribution >= 0.6 is 7.82 Å². The van der Waals surface area contributed by atoms with Crippen molar-refractivity contribution in [3.05, 3.63) is 24.3 Å². The molecule has 0 amide bonds. The van der Waals surface area contributed by atoms with Gasteiger partial charge >= 0.3 is 19.8 Å². The number of carbonyl (C=O) groups is 2. The number of esters is 2. The Hall–Kier alpha value is -1.47. The van der Waals surface area contributed by atoms with Gasteiger partial charge in [0.25, 0.3) is 0 Å². The Morgan fingerprint density at radius 1 is 0.643 bits per heavy atom. The predicted molar refractivity (Wildman–Crippen MR) is 170 cm³/mol. The molecule has 0 saturated carbocycles. The topological polar surface area (TPSA) is 108 Å². The van der Waals surface area contributed by atoms with Gasteiger partial charge in [0.2, 0.25) is 0 Å². The molecule has 2 unspecified atom stereocenters. The number of hydrogen-bond acceptors (Lipinski definition) is 7. The summed E-state index contributed by atoms with van der Waals surface area (Å²) in [4.78, 5) is 34.1. The van der Waals surface area contributed by atoms with Gasteiger partial charge in [0.05, 0.1) is 6.61 Å². The maximum Gasteiger partial charge on any atom is 0.472 e. The number of carbonyl (C=O) groups excluding carboxylic acids is 2. The van der Waals surface area contributed by atoms with Crippen LogP contribution in [0.3, 0.4) is 0 Å². The molecule has 0 rings (SSSR count). The number of hydrogen-bond donors (Lipinski definition) is 1. The minimum absolute atomic E-state index is 0.232. The molecule has 0 bridgehead atoms. The van der Waals surface area contributed by atoms with E-state index in [-0.39, 0.29) is 25.4 Å². The average molecular weight is 617 g/mol. The molecule has 246 valence electrons. The first kappa shape index (κ1) is 40.5. The van der Waals surface area contributed by atoms with Crippen molar-refractivity contribution in [1.29, 1.82) is 0 Å². The smallest absolute Gasteiger partial charge is 0.462 e. The van der Waals surface area contributed by atoms with Crippen LogP contribution in [0.5, 0.6) is 0 Å². The molecule has 2 atom stereocenters. The van der Waals surface area contributed by atoms with Crippen molar-refractivity contribution in [2.45, 2.75) is 155 Å². The monoisotopic (exact) mass is 616 g/mol. The molecule has 0 aromatic rings. The highest BCUT2D eigenvalue weighted by Gasteiger charge is 2.24. The molecular formula is C33H61O8P. The van der Waals surface area contributed by atoms with Gasteiger partial charge in [0.1, 0.15) is 6.61 Å². The van der Waals surface area contributed by atoms with Crippen LogP contribution in [0.2, 0.25) is 0 Å². The standard InChI is InChI=1S/C33H61O8P/c1-4-6-8-10-12-14-16-17-18-20-22-24-26-28-33(35)41-31(30-40-42(36,37)38-3)29-39-32(34)27-25-23-21-19-15-13-11-9-7-5-2/h9,11,14,16,31H,4-8,10,12-13,15,17-30H2,1-3H3,(H,36,37)/b11-9-,16-14-. The summed E-state index contributed by atoms with van der Waals surface area (Å²) < 4.78 is 31.7.